The first-order chi connectivity index (χ1) is 12.3. The summed E-state index contributed by atoms with van der Waals surface area (Å²) in [6.07, 6.45) is 3.99. The van der Waals surface area contributed by atoms with E-state index in [2.05, 4.69) is 28.1 Å². The van der Waals surface area contributed by atoms with Gasteiger partial charge in [-0.2, -0.15) is 5.26 Å². The van der Waals surface area contributed by atoms with Gasteiger partial charge >= 0.3 is 0 Å². The first-order valence-corrected chi connectivity index (χ1v) is 8.67. The van der Waals surface area contributed by atoms with Crippen molar-refractivity contribution >= 4 is 0 Å². The van der Waals surface area contributed by atoms with E-state index in [-0.39, 0.29) is 0 Å². The number of hydrogen-bond acceptors (Lipinski definition) is 5. The summed E-state index contributed by atoms with van der Waals surface area (Å²) in [5.41, 5.74) is 1.92. The van der Waals surface area contributed by atoms with E-state index in [4.69, 9.17) is 14.7 Å². The fourth-order valence-corrected chi connectivity index (χ4v) is 3.79. The van der Waals surface area contributed by atoms with Crippen molar-refractivity contribution in [2.24, 2.45) is 11.8 Å². The van der Waals surface area contributed by atoms with Crippen molar-refractivity contribution in [1.29, 1.82) is 5.26 Å². The molecule has 0 N–H and O–H groups in total. The Morgan fingerprint density at radius 2 is 2.12 bits per heavy atom. The van der Waals surface area contributed by atoms with Crippen molar-refractivity contribution in [3.63, 3.8) is 0 Å². The van der Waals surface area contributed by atoms with Crippen molar-refractivity contribution in [3.8, 4) is 11.8 Å². The Morgan fingerprint density at radius 1 is 1.24 bits per heavy atom. The zero-order valence-electron chi connectivity index (χ0n) is 14.0. The molecule has 2 saturated heterocycles. The molecule has 25 heavy (non-hydrogen) atoms. The molecule has 3 atom stereocenters. The molecule has 2 aromatic rings. The molecule has 2 aliphatic heterocycles. The second-order valence-corrected chi connectivity index (χ2v) is 6.80. The second-order valence-electron chi connectivity index (χ2n) is 6.80. The number of nitriles is 1. The number of rotatable bonds is 5. The molecule has 2 fully saturated rings. The van der Waals surface area contributed by atoms with Crippen molar-refractivity contribution in [2.45, 2.75) is 12.6 Å². The average molecular weight is 335 g/mol. The van der Waals surface area contributed by atoms with Crippen LogP contribution in [0.25, 0.3) is 0 Å². The van der Waals surface area contributed by atoms with Gasteiger partial charge in [0.05, 0.1) is 31.0 Å². The molecule has 3 heterocycles. The third-order valence-electron chi connectivity index (χ3n) is 5.10. The zero-order chi connectivity index (χ0) is 17.1. The second kappa shape index (κ2) is 7.22. The van der Waals surface area contributed by atoms with Gasteiger partial charge in [-0.1, -0.05) is 6.07 Å². The van der Waals surface area contributed by atoms with E-state index in [9.17, 15) is 0 Å². The van der Waals surface area contributed by atoms with Gasteiger partial charge in [0.15, 0.2) is 0 Å². The predicted octanol–water partition coefficient (Wildman–Crippen LogP) is 2.48. The Balaban J connectivity index is 1.33. The van der Waals surface area contributed by atoms with Gasteiger partial charge in [0.1, 0.15) is 5.75 Å². The standard InChI is InChI=1S/C20H21N3O2/c21-9-16-2-1-3-18(8-16)24-13-17-14-25-20-12-23(11-19(17)20)10-15-4-6-22-7-5-15/h1-8,17,19-20H,10-14H2/t17-,19+,20+/m1/s1. The SMILES string of the molecule is N#Cc1cccc(OC[C@@H]2CO[C@H]3CN(Cc4ccncc4)C[C@@H]23)c1. The molecule has 2 aliphatic rings. The molecule has 0 saturated carbocycles. The molecule has 5 heteroatoms. The normalized spacial score (nSPS) is 25.5. The van der Waals surface area contributed by atoms with E-state index in [0.29, 0.717) is 30.1 Å². The number of benzene rings is 1. The summed E-state index contributed by atoms with van der Waals surface area (Å²) < 4.78 is 11.9. The summed E-state index contributed by atoms with van der Waals surface area (Å²) in [6, 6.07) is 13.6. The van der Waals surface area contributed by atoms with Gasteiger partial charge in [-0.25, -0.2) is 0 Å². The Bertz CT molecular complexity index is 759. The van der Waals surface area contributed by atoms with Gasteiger partial charge in [-0.15, -0.1) is 0 Å². The van der Waals surface area contributed by atoms with Crippen LogP contribution in [0.5, 0.6) is 5.75 Å². The number of aromatic nitrogens is 1. The quantitative estimate of drug-likeness (QED) is 0.840. The van der Waals surface area contributed by atoms with E-state index in [1.165, 1.54) is 5.56 Å². The van der Waals surface area contributed by atoms with Crippen LogP contribution in [0, 0.1) is 23.2 Å². The van der Waals surface area contributed by atoms with Crippen LogP contribution in [-0.4, -0.2) is 42.3 Å². The van der Waals surface area contributed by atoms with Crippen LogP contribution in [0.1, 0.15) is 11.1 Å². The van der Waals surface area contributed by atoms with Gasteiger partial charge in [0.25, 0.3) is 0 Å². The topological polar surface area (TPSA) is 58.4 Å². The lowest BCUT2D eigenvalue weighted by atomic mass is 9.94. The lowest BCUT2D eigenvalue weighted by Crippen LogP contribution is -2.26. The van der Waals surface area contributed by atoms with Crippen LogP contribution in [0.15, 0.2) is 48.8 Å². The molecule has 4 rings (SSSR count). The highest BCUT2D eigenvalue weighted by molar-refractivity contribution is 5.36. The molecule has 5 nitrogen and oxygen atoms in total. The number of ether oxygens (including phenoxy) is 2. The summed E-state index contributed by atoms with van der Waals surface area (Å²) in [4.78, 5) is 6.53. The third-order valence-corrected chi connectivity index (χ3v) is 5.10. The summed E-state index contributed by atoms with van der Waals surface area (Å²) in [5, 5.41) is 8.98. The van der Waals surface area contributed by atoms with E-state index in [1.807, 2.05) is 24.5 Å². The van der Waals surface area contributed by atoms with Crippen LogP contribution in [0.4, 0.5) is 0 Å². The first-order valence-electron chi connectivity index (χ1n) is 8.67. The fraction of sp³-hybridized carbons (Fsp3) is 0.400. The number of likely N-dealkylation sites (tertiary alicyclic amines) is 1. The van der Waals surface area contributed by atoms with Crippen LogP contribution >= 0.6 is 0 Å². The molecular weight excluding hydrogens is 314 g/mol. The molecule has 0 spiro atoms. The van der Waals surface area contributed by atoms with Gasteiger partial charge in [0.2, 0.25) is 0 Å². The minimum absolute atomic E-state index is 0.306. The van der Waals surface area contributed by atoms with E-state index in [0.717, 1.165) is 32.0 Å². The fourth-order valence-electron chi connectivity index (χ4n) is 3.79. The maximum Gasteiger partial charge on any atom is 0.120 e. The summed E-state index contributed by atoms with van der Waals surface area (Å²) in [5.74, 6) is 1.67. The molecule has 128 valence electrons. The number of hydrogen-bond donors (Lipinski definition) is 0. The smallest absolute Gasteiger partial charge is 0.120 e. The lowest BCUT2D eigenvalue weighted by Gasteiger charge is -2.20. The van der Waals surface area contributed by atoms with Crippen LogP contribution in [0.3, 0.4) is 0 Å². The van der Waals surface area contributed by atoms with Gasteiger partial charge in [-0.05, 0) is 35.9 Å². The summed E-state index contributed by atoms with van der Waals surface area (Å²) in [7, 11) is 0. The number of nitrogens with zero attached hydrogens (tertiary/aromatic N) is 3. The zero-order valence-corrected chi connectivity index (χ0v) is 14.0. The van der Waals surface area contributed by atoms with Crippen LogP contribution < -0.4 is 4.74 Å². The van der Waals surface area contributed by atoms with Gasteiger partial charge < -0.3 is 9.47 Å². The van der Waals surface area contributed by atoms with Crippen LogP contribution in [-0.2, 0) is 11.3 Å². The Labute approximate surface area is 147 Å². The highest BCUT2D eigenvalue weighted by Gasteiger charge is 2.43. The monoisotopic (exact) mass is 335 g/mol. The minimum atomic E-state index is 0.306. The molecular formula is C20H21N3O2. The van der Waals surface area contributed by atoms with Crippen molar-refractivity contribution in [1.82, 2.24) is 9.88 Å². The van der Waals surface area contributed by atoms with Crippen molar-refractivity contribution in [3.05, 3.63) is 59.9 Å². The molecule has 1 aromatic carbocycles. The third kappa shape index (κ3) is 3.65. The molecule has 0 unspecified atom stereocenters. The Kier molecular flexibility index (Phi) is 4.64. The summed E-state index contributed by atoms with van der Waals surface area (Å²) in [6.45, 7) is 4.36. The minimum Gasteiger partial charge on any atom is -0.493 e. The van der Waals surface area contributed by atoms with Gasteiger partial charge in [-0.3, -0.25) is 9.88 Å². The first kappa shape index (κ1) is 16.1. The van der Waals surface area contributed by atoms with Crippen LogP contribution in [0.2, 0.25) is 0 Å². The average Bonchev–Trinajstić information content (AvgIpc) is 3.21. The summed E-state index contributed by atoms with van der Waals surface area (Å²) >= 11 is 0. The van der Waals surface area contributed by atoms with E-state index < -0.39 is 0 Å². The maximum absolute atomic E-state index is 8.98. The molecule has 1 aromatic heterocycles. The Morgan fingerprint density at radius 3 is 2.96 bits per heavy atom. The molecule has 0 bridgehead atoms. The van der Waals surface area contributed by atoms with Crippen molar-refractivity contribution < 1.29 is 9.47 Å². The Hall–Kier alpha value is -2.42. The molecule has 0 amide bonds. The number of pyridine rings is 1. The van der Waals surface area contributed by atoms with E-state index >= 15 is 0 Å². The molecule has 0 radical (unpaired) electrons. The largest absolute Gasteiger partial charge is 0.493 e. The molecule has 0 aliphatic carbocycles. The van der Waals surface area contributed by atoms with Gasteiger partial charge in [0, 0.05) is 43.9 Å². The highest BCUT2D eigenvalue weighted by Crippen LogP contribution is 2.34. The highest BCUT2D eigenvalue weighted by atomic mass is 16.5. The number of fused-ring (bicyclic) bond motifs is 1. The van der Waals surface area contributed by atoms with E-state index in [1.54, 1.807) is 12.1 Å². The van der Waals surface area contributed by atoms with Crippen molar-refractivity contribution in [2.75, 3.05) is 26.3 Å². The maximum atomic E-state index is 8.98. The predicted molar refractivity (Wildman–Crippen MR) is 92.9 cm³/mol. The lowest BCUT2D eigenvalue weighted by molar-refractivity contribution is 0.0897.